The van der Waals surface area contributed by atoms with Crippen molar-refractivity contribution in [2.45, 2.75) is 13.5 Å². The molecule has 0 N–H and O–H groups in total. The molecule has 0 spiro atoms. The molecule has 0 aliphatic heterocycles. The monoisotopic (exact) mass is 293 g/mol. The molecule has 19 heavy (non-hydrogen) atoms. The number of halogens is 2. The molecule has 0 fully saturated rings. The van der Waals surface area contributed by atoms with Gasteiger partial charge in [0.15, 0.2) is 0 Å². The molecule has 3 rings (SSSR count). The molecule has 3 aromatic rings. The Morgan fingerprint density at radius 2 is 2.00 bits per heavy atom. The molecule has 2 aromatic heterocycles. The highest BCUT2D eigenvalue weighted by Crippen LogP contribution is 2.26. The van der Waals surface area contributed by atoms with Gasteiger partial charge in [0.25, 0.3) is 0 Å². The number of rotatable bonds is 2. The third-order valence-electron chi connectivity index (χ3n) is 3.36. The van der Waals surface area contributed by atoms with Crippen LogP contribution in [0.25, 0.3) is 10.9 Å². The van der Waals surface area contributed by atoms with E-state index in [1.165, 1.54) is 0 Å². The Hall–Kier alpha value is -1.45. The van der Waals surface area contributed by atoms with Gasteiger partial charge in [-0.25, -0.2) is 0 Å². The first-order valence-corrected chi connectivity index (χ1v) is 6.75. The maximum atomic E-state index is 6.27. The zero-order valence-corrected chi connectivity index (χ0v) is 12.2. The zero-order chi connectivity index (χ0) is 13.6. The third-order valence-corrected chi connectivity index (χ3v) is 4.16. The van der Waals surface area contributed by atoms with E-state index in [-0.39, 0.29) is 0 Å². The first-order chi connectivity index (χ1) is 9.08. The van der Waals surface area contributed by atoms with Crippen molar-refractivity contribution in [2.24, 2.45) is 7.05 Å². The van der Waals surface area contributed by atoms with Gasteiger partial charge in [-0.1, -0.05) is 29.3 Å². The summed E-state index contributed by atoms with van der Waals surface area (Å²) in [4.78, 5) is 0. The largest absolute Gasteiger partial charge is 0.343 e. The fourth-order valence-corrected chi connectivity index (χ4v) is 2.81. The Bertz CT molecular complexity index is 755. The molecule has 0 aliphatic rings. The Kier molecular flexibility index (Phi) is 3.03. The van der Waals surface area contributed by atoms with E-state index in [9.17, 15) is 0 Å². The van der Waals surface area contributed by atoms with Crippen molar-refractivity contribution in [2.75, 3.05) is 0 Å². The lowest BCUT2D eigenvalue weighted by Crippen LogP contribution is -1.99. The summed E-state index contributed by atoms with van der Waals surface area (Å²) in [5.74, 6) is 0. The van der Waals surface area contributed by atoms with Crippen LogP contribution in [0.5, 0.6) is 0 Å². The molecule has 0 atom stereocenters. The highest BCUT2D eigenvalue weighted by atomic mass is 35.5. The normalized spacial score (nSPS) is 11.4. The van der Waals surface area contributed by atoms with Crippen molar-refractivity contribution in [3.8, 4) is 0 Å². The average molecular weight is 294 g/mol. The molecule has 0 aliphatic carbocycles. The molecule has 0 unspecified atom stereocenters. The van der Waals surface area contributed by atoms with Crippen LogP contribution in [0.4, 0.5) is 0 Å². The SMILES string of the molecule is Cc1nn(C)c(Cl)c1Cn1ccc2c(Cl)cccc21. The van der Waals surface area contributed by atoms with Gasteiger partial charge in [-0.15, -0.1) is 0 Å². The van der Waals surface area contributed by atoms with Crippen molar-refractivity contribution < 1.29 is 0 Å². The molecule has 3 nitrogen and oxygen atoms in total. The predicted molar refractivity (Wildman–Crippen MR) is 79.0 cm³/mol. The van der Waals surface area contributed by atoms with Crippen LogP contribution in [-0.4, -0.2) is 14.3 Å². The zero-order valence-electron chi connectivity index (χ0n) is 10.7. The summed E-state index contributed by atoms with van der Waals surface area (Å²) >= 11 is 12.5. The molecule has 0 saturated carbocycles. The first kappa shape index (κ1) is 12.6. The van der Waals surface area contributed by atoms with Crippen molar-refractivity contribution in [3.63, 3.8) is 0 Å². The molecule has 2 heterocycles. The van der Waals surface area contributed by atoms with Crippen molar-refractivity contribution in [3.05, 3.63) is 51.9 Å². The number of hydrogen-bond donors (Lipinski definition) is 0. The van der Waals surface area contributed by atoms with Crippen LogP contribution in [0.1, 0.15) is 11.3 Å². The minimum Gasteiger partial charge on any atom is -0.343 e. The summed E-state index contributed by atoms with van der Waals surface area (Å²) in [6.07, 6.45) is 2.03. The van der Waals surface area contributed by atoms with Gasteiger partial charge in [0, 0.05) is 34.7 Å². The lowest BCUT2D eigenvalue weighted by Gasteiger charge is -2.06. The molecule has 1 aromatic carbocycles. The maximum Gasteiger partial charge on any atom is 0.131 e. The van der Waals surface area contributed by atoms with Crippen molar-refractivity contribution in [1.29, 1.82) is 0 Å². The number of hydrogen-bond acceptors (Lipinski definition) is 1. The summed E-state index contributed by atoms with van der Waals surface area (Å²) in [5.41, 5.74) is 3.10. The lowest BCUT2D eigenvalue weighted by atomic mass is 10.2. The molecule has 0 bridgehead atoms. The fourth-order valence-electron chi connectivity index (χ4n) is 2.35. The lowest BCUT2D eigenvalue weighted by molar-refractivity contribution is 0.757. The minimum atomic E-state index is 0.682. The van der Waals surface area contributed by atoms with Crippen LogP contribution < -0.4 is 0 Å². The minimum absolute atomic E-state index is 0.682. The quantitative estimate of drug-likeness (QED) is 0.699. The van der Waals surface area contributed by atoms with E-state index < -0.39 is 0 Å². The van der Waals surface area contributed by atoms with Crippen LogP contribution in [-0.2, 0) is 13.6 Å². The van der Waals surface area contributed by atoms with Gasteiger partial charge in [-0.05, 0) is 25.1 Å². The molecule has 0 radical (unpaired) electrons. The standard InChI is InChI=1S/C14H13Cl2N3/c1-9-11(14(16)18(2)17-9)8-19-7-6-10-12(15)4-3-5-13(10)19/h3-7H,8H2,1-2H3. The van der Waals surface area contributed by atoms with Gasteiger partial charge in [0.2, 0.25) is 0 Å². The number of fused-ring (bicyclic) bond motifs is 1. The van der Waals surface area contributed by atoms with E-state index >= 15 is 0 Å². The summed E-state index contributed by atoms with van der Waals surface area (Å²) in [5, 5.41) is 6.84. The third kappa shape index (κ3) is 2.03. The number of benzene rings is 1. The molecule has 98 valence electrons. The molecule has 0 amide bonds. The van der Waals surface area contributed by atoms with Crippen LogP contribution in [0.2, 0.25) is 10.2 Å². The summed E-state index contributed by atoms with van der Waals surface area (Å²) < 4.78 is 3.84. The van der Waals surface area contributed by atoms with Gasteiger partial charge in [0.1, 0.15) is 5.15 Å². The first-order valence-electron chi connectivity index (χ1n) is 5.99. The second-order valence-corrected chi connectivity index (χ2v) is 5.36. The van der Waals surface area contributed by atoms with E-state index in [1.54, 1.807) is 4.68 Å². The van der Waals surface area contributed by atoms with E-state index in [0.717, 1.165) is 27.2 Å². The Balaban J connectivity index is 2.09. The summed E-state index contributed by atoms with van der Waals surface area (Å²) in [6, 6.07) is 7.94. The highest BCUT2D eigenvalue weighted by Gasteiger charge is 2.13. The van der Waals surface area contributed by atoms with E-state index in [2.05, 4.69) is 15.7 Å². The molecular weight excluding hydrogens is 281 g/mol. The van der Waals surface area contributed by atoms with Gasteiger partial charge < -0.3 is 4.57 Å². The van der Waals surface area contributed by atoms with Crippen LogP contribution in [0, 0.1) is 6.92 Å². The Labute approximate surface area is 121 Å². The molecule has 0 saturated heterocycles. The number of aryl methyl sites for hydroxylation is 2. The van der Waals surface area contributed by atoms with Crippen molar-refractivity contribution in [1.82, 2.24) is 14.3 Å². The van der Waals surface area contributed by atoms with E-state index in [1.807, 2.05) is 38.4 Å². The Morgan fingerprint density at radius 1 is 1.21 bits per heavy atom. The summed E-state index contributed by atoms with van der Waals surface area (Å²) in [7, 11) is 1.85. The van der Waals surface area contributed by atoms with Gasteiger partial charge >= 0.3 is 0 Å². The van der Waals surface area contributed by atoms with Crippen molar-refractivity contribution >= 4 is 34.1 Å². The van der Waals surface area contributed by atoms with Gasteiger partial charge in [-0.3, -0.25) is 4.68 Å². The van der Waals surface area contributed by atoms with Crippen LogP contribution in [0.3, 0.4) is 0 Å². The second kappa shape index (κ2) is 4.58. The smallest absolute Gasteiger partial charge is 0.131 e. The summed E-state index contributed by atoms with van der Waals surface area (Å²) in [6.45, 7) is 2.67. The topological polar surface area (TPSA) is 22.8 Å². The number of aromatic nitrogens is 3. The number of nitrogens with zero attached hydrogens (tertiary/aromatic N) is 3. The fraction of sp³-hybridized carbons (Fsp3) is 0.214. The Morgan fingerprint density at radius 3 is 2.68 bits per heavy atom. The van der Waals surface area contributed by atoms with Gasteiger partial charge in [-0.2, -0.15) is 5.10 Å². The van der Waals surface area contributed by atoms with Crippen LogP contribution >= 0.6 is 23.2 Å². The molecule has 5 heteroatoms. The highest BCUT2D eigenvalue weighted by molar-refractivity contribution is 6.35. The average Bonchev–Trinajstić information content (AvgIpc) is 2.88. The maximum absolute atomic E-state index is 6.27. The van der Waals surface area contributed by atoms with E-state index in [4.69, 9.17) is 23.2 Å². The van der Waals surface area contributed by atoms with Crippen LogP contribution in [0.15, 0.2) is 30.5 Å². The second-order valence-electron chi connectivity index (χ2n) is 4.59. The van der Waals surface area contributed by atoms with E-state index in [0.29, 0.717) is 11.7 Å². The molecular formula is C14H13Cl2N3. The predicted octanol–water partition coefficient (Wildman–Crippen LogP) is 4.04. The van der Waals surface area contributed by atoms with Gasteiger partial charge in [0.05, 0.1) is 12.2 Å².